The van der Waals surface area contributed by atoms with Gasteiger partial charge in [-0.3, -0.25) is 5.32 Å². The van der Waals surface area contributed by atoms with Crippen molar-refractivity contribution in [3.8, 4) is 11.1 Å². The quantitative estimate of drug-likeness (QED) is 0.221. The molecule has 0 aliphatic carbocycles. The zero-order valence-corrected chi connectivity index (χ0v) is 21.3. The average molecular weight is 522 g/mol. The summed E-state index contributed by atoms with van der Waals surface area (Å²) < 4.78 is 20.7. The highest BCUT2D eigenvalue weighted by Crippen LogP contribution is 2.46. The van der Waals surface area contributed by atoms with E-state index in [0.29, 0.717) is 17.7 Å². The Morgan fingerprint density at radius 2 is 1.21 bits per heavy atom. The molecule has 2 N–H and O–H groups in total. The second-order valence-corrected chi connectivity index (χ2v) is 10.4. The van der Waals surface area contributed by atoms with Crippen molar-refractivity contribution in [1.29, 1.82) is 0 Å². The molecule has 0 bridgehead atoms. The first kappa shape index (κ1) is 22.1. The minimum absolute atomic E-state index is 0.509. The minimum atomic E-state index is 0.509. The number of rotatable bonds is 5. The number of furan rings is 3. The normalized spacial score (nSPS) is 11.7. The maximum absolute atomic E-state index is 6.63. The van der Waals surface area contributed by atoms with Crippen LogP contribution in [0.3, 0.4) is 0 Å². The fraction of sp³-hybridized carbons (Fsp3) is 0. The first-order valence-electron chi connectivity index (χ1n) is 12.6. The van der Waals surface area contributed by atoms with Crippen molar-refractivity contribution in [2.75, 3.05) is 10.6 Å². The molecule has 4 heterocycles. The van der Waals surface area contributed by atoms with Crippen molar-refractivity contribution in [2.24, 2.45) is 0 Å². The highest BCUT2D eigenvalue weighted by molar-refractivity contribution is 7.27. The molecule has 5 nitrogen and oxygen atoms in total. The van der Waals surface area contributed by atoms with E-state index in [1.807, 2.05) is 84.9 Å². The molecule has 0 aliphatic heterocycles. The summed E-state index contributed by atoms with van der Waals surface area (Å²) in [4.78, 5) is 0. The van der Waals surface area contributed by atoms with Crippen molar-refractivity contribution in [2.45, 2.75) is 0 Å². The van der Waals surface area contributed by atoms with E-state index < -0.39 is 0 Å². The van der Waals surface area contributed by atoms with Crippen LogP contribution in [-0.4, -0.2) is 7.85 Å². The molecule has 4 aromatic heterocycles. The van der Waals surface area contributed by atoms with E-state index in [4.69, 9.17) is 21.1 Å². The monoisotopic (exact) mass is 522 g/mol. The molecule has 0 saturated carbocycles. The van der Waals surface area contributed by atoms with Crippen LogP contribution in [0.5, 0.6) is 0 Å². The summed E-state index contributed by atoms with van der Waals surface area (Å²) >= 11 is 1.57. The van der Waals surface area contributed by atoms with Gasteiger partial charge in [0.2, 0.25) is 11.8 Å². The lowest BCUT2D eigenvalue weighted by molar-refractivity contribution is 0.605. The molecule has 0 unspecified atom stereocenters. The van der Waals surface area contributed by atoms with Crippen LogP contribution >= 0.6 is 11.3 Å². The fourth-order valence-electron chi connectivity index (χ4n) is 5.23. The van der Waals surface area contributed by atoms with Gasteiger partial charge in [-0.05, 0) is 46.1 Å². The van der Waals surface area contributed by atoms with Crippen molar-refractivity contribution >= 4 is 90.3 Å². The number of benzene rings is 4. The predicted molar refractivity (Wildman–Crippen MR) is 161 cm³/mol. The van der Waals surface area contributed by atoms with Gasteiger partial charge in [-0.2, -0.15) is 11.3 Å². The second-order valence-electron chi connectivity index (χ2n) is 9.34. The van der Waals surface area contributed by atoms with Crippen molar-refractivity contribution in [3.05, 3.63) is 103 Å². The topological polar surface area (TPSA) is 63.5 Å². The molecule has 8 rings (SSSR count). The Morgan fingerprint density at radius 1 is 0.564 bits per heavy atom. The number of hydrogen-bond donors (Lipinski definition) is 2. The molecule has 2 radical (unpaired) electrons. The zero-order valence-electron chi connectivity index (χ0n) is 20.5. The summed E-state index contributed by atoms with van der Waals surface area (Å²) in [6.07, 6.45) is 0. The molecule has 0 amide bonds. The van der Waals surface area contributed by atoms with Crippen LogP contribution < -0.4 is 15.4 Å². The Bertz CT molecular complexity index is 2130. The average Bonchev–Trinajstić information content (AvgIpc) is 3.70. The van der Waals surface area contributed by atoms with Crippen molar-refractivity contribution in [1.82, 2.24) is 0 Å². The van der Waals surface area contributed by atoms with Crippen LogP contribution in [-0.2, 0) is 0 Å². The molecule has 8 aromatic rings. The van der Waals surface area contributed by atoms with Gasteiger partial charge in [0.05, 0.1) is 5.56 Å². The number of hydrogen-bond acceptors (Lipinski definition) is 6. The predicted octanol–water partition coefficient (Wildman–Crippen LogP) is 9.09. The summed E-state index contributed by atoms with van der Waals surface area (Å²) in [6, 6.07) is 34.0. The van der Waals surface area contributed by atoms with E-state index in [1.165, 1.54) is 0 Å². The molecule has 0 saturated heterocycles. The SMILES string of the molecule is [B]c1sc2ccccc2c1-c1c(Nc2oc3ccccc3c2Nc2cc3ccccc3o2)oc2ccccc12. The summed E-state index contributed by atoms with van der Waals surface area (Å²) in [5.41, 5.74) is 4.90. The van der Waals surface area contributed by atoms with Gasteiger partial charge < -0.3 is 18.6 Å². The first-order chi connectivity index (χ1) is 19.2. The standard InChI is InChI=1S/C32H19BN2O3S/c33-30-27(21-12-4-8-16-25(21)39-30)28-19-10-2-6-14-23(19)37-31(28)35-32-29(20-11-3-7-15-24(20)38-32)34-26-17-18-9-1-5-13-22(18)36-26/h1-17,34-35H. The maximum Gasteiger partial charge on any atom is 0.224 e. The third kappa shape index (κ3) is 3.55. The minimum Gasteiger partial charge on any atom is -0.440 e. The van der Waals surface area contributed by atoms with E-state index in [1.54, 1.807) is 11.3 Å². The van der Waals surface area contributed by atoms with E-state index in [2.05, 4.69) is 28.8 Å². The summed E-state index contributed by atoms with van der Waals surface area (Å²) in [7, 11) is 6.63. The Kier molecular flexibility index (Phi) is 4.87. The molecule has 0 fully saturated rings. The Morgan fingerprint density at radius 3 is 2.03 bits per heavy atom. The lowest BCUT2D eigenvalue weighted by Crippen LogP contribution is -2.01. The number of thiophene rings is 1. The lowest BCUT2D eigenvalue weighted by atomic mass is 9.93. The molecular formula is C32H19BN2O3S. The number of para-hydroxylation sites is 3. The molecular weight excluding hydrogens is 503 g/mol. The second kappa shape index (κ2) is 8.58. The van der Waals surface area contributed by atoms with Gasteiger partial charge in [0.25, 0.3) is 0 Å². The summed E-state index contributed by atoms with van der Waals surface area (Å²) in [5.74, 6) is 1.68. The van der Waals surface area contributed by atoms with Gasteiger partial charge in [-0.25, -0.2) is 0 Å². The molecule has 4 aromatic carbocycles. The highest BCUT2D eigenvalue weighted by Gasteiger charge is 2.24. The number of fused-ring (bicyclic) bond motifs is 4. The van der Waals surface area contributed by atoms with E-state index in [9.17, 15) is 0 Å². The van der Waals surface area contributed by atoms with Gasteiger partial charge in [0, 0.05) is 26.9 Å². The van der Waals surface area contributed by atoms with E-state index in [0.717, 1.165) is 64.6 Å². The molecule has 0 atom stereocenters. The Labute approximate surface area is 228 Å². The van der Waals surface area contributed by atoms with Gasteiger partial charge in [0.15, 0.2) is 5.88 Å². The van der Waals surface area contributed by atoms with Crippen molar-refractivity contribution in [3.63, 3.8) is 0 Å². The number of nitrogens with one attached hydrogen (secondary N) is 2. The molecule has 7 heteroatoms. The first-order valence-corrected chi connectivity index (χ1v) is 13.4. The van der Waals surface area contributed by atoms with Gasteiger partial charge in [-0.15, -0.1) is 0 Å². The van der Waals surface area contributed by atoms with Gasteiger partial charge in [0.1, 0.15) is 30.3 Å². The summed E-state index contributed by atoms with van der Waals surface area (Å²) in [5, 5.41) is 10.9. The van der Waals surface area contributed by atoms with Gasteiger partial charge in [-0.1, -0.05) is 66.7 Å². The lowest BCUT2D eigenvalue weighted by Gasteiger charge is -2.08. The molecule has 184 valence electrons. The fourth-order valence-corrected chi connectivity index (χ4v) is 6.21. The Hall–Kier alpha value is -4.88. The molecule has 0 aliphatic rings. The van der Waals surface area contributed by atoms with E-state index >= 15 is 0 Å². The number of anilines is 4. The third-order valence-corrected chi connectivity index (χ3v) is 7.96. The third-order valence-electron chi connectivity index (χ3n) is 6.96. The smallest absolute Gasteiger partial charge is 0.224 e. The van der Waals surface area contributed by atoms with Crippen LogP contribution in [0.4, 0.5) is 23.3 Å². The van der Waals surface area contributed by atoms with Crippen LogP contribution in [0, 0.1) is 0 Å². The van der Waals surface area contributed by atoms with Gasteiger partial charge >= 0.3 is 0 Å². The van der Waals surface area contributed by atoms with E-state index in [-0.39, 0.29) is 0 Å². The highest BCUT2D eigenvalue weighted by atomic mass is 32.1. The Balaban J connectivity index is 1.31. The van der Waals surface area contributed by atoms with Crippen LogP contribution in [0.2, 0.25) is 0 Å². The van der Waals surface area contributed by atoms with Crippen LogP contribution in [0.25, 0.3) is 54.1 Å². The maximum atomic E-state index is 6.63. The van der Waals surface area contributed by atoms with Crippen molar-refractivity contribution < 1.29 is 13.3 Å². The van der Waals surface area contributed by atoms with Crippen LogP contribution in [0.15, 0.2) is 116 Å². The molecule has 39 heavy (non-hydrogen) atoms. The molecule has 0 spiro atoms. The summed E-state index contributed by atoms with van der Waals surface area (Å²) in [6.45, 7) is 0. The largest absolute Gasteiger partial charge is 0.440 e. The zero-order chi connectivity index (χ0) is 25.9. The van der Waals surface area contributed by atoms with Crippen LogP contribution in [0.1, 0.15) is 0 Å².